The molecule has 0 spiro atoms. The number of carbonyl (C=O) groups is 1. The number of rotatable bonds is 3. The first-order valence-electron chi connectivity index (χ1n) is 5.26. The minimum absolute atomic E-state index is 0.0515. The standard InChI is InChI=1S/C12H12O5S/c1-7(12(13)14)10-6-8-4-3-5-9(17-2)11(8)18(10,15)16/h3-7H,1-2H3,(H,13,14). The van der Waals surface area contributed by atoms with E-state index in [0.717, 1.165) is 0 Å². The lowest BCUT2D eigenvalue weighted by molar-refractivity contribution is -0.139. The number of hydrogen-bond donors (Lipinski definition) is 1. The predicted molar refractivity (Wildman–Crippen MR) is 65.0 cm³/mol. The topological polar surface area (TPSA) is 80.7 Å². The Morgan fingerprint density at radius 3 is 2.61 bits per heavy atom. The molecule has 1 aromatic rings. The van der Waals surface area contributed by atoms with Crippen LogP contribution in [0.2, 0.25) is 0 Å². The molecule has 0 bridgehead atoms. The molecule has 6 heteroatoms. The lowest BCUT2D eigenvalue weighted by Crippen LogP contribution is -2.17. The largest absolute Gasteiger partial charge is 0.495 e. The Labute approximate surface area is 105 Å². The average Bonchev–Trinajstić information content (AvgIpc) is 2.60. The Morgan fingerprint density at radius 1 is 1.39 bits per heavy atom. The molecule has 0 saturated heterocycles. The molecule has 1 unspecified atom stereocenters. The third-order valence-electron chi connectivity index (χ3n) is 2.90. The van der Waals surface area contributed by atoms with Crippen molar-refractivity contribution in [2.75, 3.05) is 7.11 Å². The van der Waals surface area contributed by atoms with E-state index in [1.165, 1.54) is 20.1 Å². The van der Waals surface area contributed by atoms with Crippen LogP contribution in [0.4, 0.5) is 0 Å². The summed E-state index contributed by atoms with van der Waals surface area (Å²) < 4.78 is 29.6. The van der Waals surface area contributed by atoms with Crippen LogP contribution in [0, 0.1) is 5.92 Å². The molecule has 1 aromatic carbocycles. The van der Waals surface area contributed by atoms with Crippen LogP contribution >= 0.6 is 0 Å². The van der Waals surface area contributed by atoms with Gasteiger partial charge in [-0.1, -0.05) is 12.1 Å². The van der Waals surface area contributed by atoms with Crippen molar-refractivity contribution in [2.45, 2.75) is 11.8 Å². The summed E-state index contributed by atoms with van der Waals surface area (Å²) in [6.07, 6.45) is 1.39. The van der Waals surface area contributed by atoms with Crippen LogP contribution in [0.15, 0.2) is 28.0 Å². The Morgan fingerprint density at radius 2 is 2.06 bits per heavy atom. The van der Waals surface area contributed by atoms with Crippen LogP contribution in [-0.2, 0) is 14.6 Å². The van der Waals surface area contributed by atoms with E-state index in [2.05, 4.69) is 0 Å². The lowest BCUT2D eigenvalue weighted by Gasteiger charge is -2.10. The zero-order chi connectivity index (χ0) is 13.5. The van der Waals surface area contributed by atoms with Crippen molar-refractivity contribution >= 4 is 21.9 Å². The number of benzene rings is 1. The summed E-state index contributed by atoms with van der Waals surface area (Å²) in [7, 11) is -2.40. The number of methoxy groups -OCH3 is 1. The summed E-state index contributed by atoms with van der Waals surface area (Å²) in [5.74, 6) is -2.01. The van der Waals surface area contributed by atoms with E-state index >= 15 is 0 Å². The quantitative estimate of drug-likeness (QED) is 0.899. The van der Waals surface area contributed by atoms with E-state index in [1.54, 1.807) is 18.2 Å². The van der Waals surface area contributed by atoms with Crippen molar-refractivity contribution in [3.8, 4) is 5.75 Å². The first kappa shape index (κ1) is 12.6. The third-order valence-corrected chi connectivity index (χ3v) is 4.97. The van der Waals surface area contributed by atoms with E-state index < -0.39 is 21.7 Å². The Bertz CT molecular complexity index is 642. The summed E-state index contributed by atoms with van der Waals surface area (Å²) in [5, 5.41) is 8.94. The van der Waals surface area contributed by atoms with E-state index in [9.17, 15) is 13.2 Å². The first-order valence-corrected chi connectivity index (χ1v) is 6.74. The van der Waals surface area contributed by atoms with Crippen molar-refractivity contribution in [3.05, 3.63) is 28.7 Å². The predicted octanol–water partition coefficient (Wildman–Crippen LogP) is 1.54. The normalized spacial score (nSPS) is 17.8. The van der Waals surface area contributed by atoms with E-state index in [4.69, 9.17) is 9.84 Å². The Hall–Kier alpha value is -1.82. The van der Waals surface area contributed by atoms with Crippen molar-refractivity contribution in [1.29, 1.82) is 0 Å². The maximum atomic E-state index is 12.3. The van der Waals surface area contributed by atoms with Crippen LogP contribution < -0.4 is 4.74 Å². The monoisotopic (exact) mass is 268 g/mol. The summed E-state index contributed by atoms with van der Waals surface area (Å²) in [6, 6.07) is 4.83. The van der Waals surface area contributed by atoms with Gasteiger partial charge in [-0.2, -0.15) is 0 Å². The molecule has 5 nitrogen and oxygen atoms in total. The molecule has 1 heterocycles. The van der Waals surface area contributed by atoms with Gasteiger partial charge in [0.25, 0.3) is 0 Å². The van der Waals surface area contributed by atoms with E-state index in [1.807, 2.05) is 0 Å². The average molecular weight is 268 g/mol. The number of carboxylic acids is 1. The molecule has 2 rings (SSSR count). The second kappa shape index (κ2) is 4.13. The molecule has 18 heavy (non-hydrogen) atoms. The van der Waals surface area contributed by atoms with Gasteiger partial charge in [-0.25, -0.2) is 8.42 Å². The summed E-state index contributed by atoms with van der Waals surface area (Å²) in [4.78, 5) is 10.9. The highest BCUT2D eigenvalue weighted by Crippen LogP contribution is 2.41. The van der Waals surface area contributed by atoms with Crippen molar-refractivity contribution in [1.82, 2.24) is 0 Å². The van der Waals surface area contributed by atoms with Gasteiger partial charge in [0.15, 0.2) is 0 Å². The molecule has 1 atom stereocenters. The minimum atomic E-state index is -3.78. The van der Waals surface area contributed by atoms with E-state index in [-0.39, 0.29) is 15.6 Å². The number of carboxylic acid groups (broad SMARTS) is 1. The van der Waals surface area contributed by atoms with Gasteiger partial charge in [-0.15, -0.1) is 0 Å². The molecule has 96 valence electrons. The molecule has 1 aliphatic heterocycles. The van der Waals surface area contributed by atoms with Crippen LogP contribution in [-0.4, -0.2) is 26.6 Å². The maximum absolute atomic E-state index is 12.3. The molecule has 0 saturated carbocycles. The van der Waals surface area contributed by atoms with Gasteiger partial charge >= 0.3 is 5.97 Å². The fraction of sp³-hybridized carbons (Fsp3) is 0.250. The van der Waals surface area contributed by atoms with Gasteiger partial charge in [0.2, 0.25) is 9.84 Å². The van der Waals surface area contributed by atoms with Crippen LogP contribution in [0.3, 0.4) is 0 Å². The summed E-state index contributed by atoms with van der Waals surface area (Å²) in [5.41, 5.74) is 0.470. The SMILES string of the molecule is COc1cccc2c1S(=O)(=O)C(C(C)C(=O)O)=C2. The van der Waals surface area contributed by atoms with Crippen molar-refractivity contribution in [2.24, 2.45) is 5.92 Å². The van der Waals surface area contributed by atoms with Crippen LogP contribution in [0.1, 0.15) is 12.5 Å². The zero-order valence-electron chi connectivity index (χ0n) is 9.88. The highest BCUT2D eigenvalue weighted by molar-refractivity contribution is 7.96. The van der Waals surface area contributed by atoms with Gasteiger partial charge in [0.05, 0.1) is 17.9 Å². The van der Waals surface area contributed by atoms with Gasteiger partial charge in [-0.05, 0) is 24.6 Å². The first-order chi connectivity index (χ1) is 8.39. The number of fused-ring (bicyclic) bond motifs is 1. The molecule has 0 aliphatic carbocycles. The fourth-order valence-corrected chi connectivity index (χ4v) is 3.86. The number of sulfone groups is 1. The second-order valence-electron chi connectivity index (χ2n) is 3.99. The van der Waals surface area contributed by atoms with Gasteiger partial charge in [0, 0.05) is 0 Å². The van der Waals surface area contributed by atoms with Gasteiger partial charge in [-0.3, -0.25) is 4.79 Å². The number of aliphatic carboxylic acids is 1. The lowest BCUT2D eigenvalue weighted by atomic mass is 10.1. The fourth-order valence-electron chi connectivity index (χ4n) is 1.92. The van der Waals surface area contributed by atoms with Gasteiger partial charge in [0.1, 0.15) is 10.6 Å². The van der Waals surface area contributed by atoms with Crippen molar-refractivity contribution in [3.63, 3.8) is 0 Å². The number of hydrogen-bond acceptors (Lipinski definition) is 4. The smallest absolute Gasteiger partial charge is 0.311 e. The van der Waals surface area contributed by atoms with Crippen molar-refractivity contribution < 1.29 is 23.1 Å². The molecule has 1 N–H and O–H groups in total. The van der Waals surface area contributed by atoms with Crippen LogP contribution in [0.5, 0.6) is 5.75 Å². The minimum Gasteiger partial charge on any atom is -0.495 e. The molecule has 0 radical (unpaired) electrons. The Kier molecular flexibility index (Phi) is 2.90. The highest BCUT2D eigenvalue weighted by atomic mass is 32.2. The summed E-state index contributed by atoms with van der Waals surface area (Å²) >= 11 is 0. The molecular formula is C12H12O5S. The van der Waals surface area contributed by atoms with Crippen LogP contribution in [0.25, 0.3) is 6.08 Å². The highest BCUT2D eigenvalue weighted by Gasteiger charge is 2.37. The molecule has 0 aromatic heterocycles. The maximum Gasteiger partial charge on any atom is 0.311 e. The summed E-state index contributed by atoms with van der Waals surface area (Å²) in [6.45, 7) is 1.35. The van der Waals surface area contributed by atoms with Gasteiger partial charge < -0.3 is 9.84 Å². The molecule has 0 fully saturated rings. The number of ether oxygens (including phenoxy) is 1. The second-order valence-corrected chi connectivity index (χ2v) is 5.88. The molecule has 0 amide bonds. The molecular weight excluding hydrogens is 256 g/mol. The zero-order valence-corrected chi connectivity index (χ0v) is 10.7. The molecule has 1 aliphatic rings. The third kappa shape index (κ3) is 1.69. The van der Waals surface area contributed by atoms with E-state index in [0.29, 0.717) is 5.56 Å². The Balaban J connectivity index is 2.65.